The maximum absolute atomic E-state index is 12.9. The van der Waals surface area contributed by atoms with E-state index >= 15 is 0 Å². The molecule has 1 aliphatic heterocycles. The molecule has 1 aromatic carbocycles. The summed E-state index contributed by atoms with van der Waals surface area (Å²) in [6.07, 6.45) is 1.73. The van der Waals surface area contributed by atoms with Gasteiger partial charge in [0.2, 0.25) is 0 Å². The quantitative estimate of drug-likeness (QED) is 0.689. The van der Waals surface area contributed by atoms with E-state index in [1.54, 1.807) is 4.90 Å². The molecule has 0 spiro atoms. The van der Waals surface area contributed by atoms with E-state index in [1.165, 1.54) is 24.3 Å². The van der Waals surface area contributed by atoms with Gasteiger partial charge in [-0.15, -0.1) is 0 Å². The summed E-state index contributed by atoms with van der Waals surface area (Å²) >= 11 is 0. The predicted octanol–water partition coefficient (Wildman–Crippen LogP) is 0.478. The summed E-state index contributed by atoms with van der Waals surface area (Å²) < 4.78 is 12.9. The van der Waals surface area contributed by atoms with Crippen LogP contribution in [0.5, 0.6) is 0 Å². The summed E-state index contributed by atoms with van der Waals surface area (Å²) in [5.41, 5.74) is 6.50. The maximum atomic E-state index is 12.9. The zero-order valence-corrected chi connectivity index (χ0v) is 11.8. The lowest BCUT2D eigenvalue weighted by atomic mass is 9.82. The summed E-state index contributed by atoms with van der Waals surface area (Å²) in [5, 5.41) is 17.7. The number of nitrogens with zero attached hydrogens (tertiary/aromatic N) is 1. The van der Waals surface area contributed by atoms with Crippen molar-refractivity contribution in [1.82, 2.24) is 4.90 Å². The summed E-state index contributed by atoms with van der Waals surface area (Å²) in [5.74, 6) is -0.353. The zero-order valence-electron chi connectivity index (χ0n) is 11.8. The van der Waals surface area contributed by atoms with E-state index in [0.717, 1.165) is 6.42 Å². The van der Waals surface area contributed by atoms with Crippen molar-refractivity contribution in [3.05, 3.63) is 35.6 Å². The summed E-state index contributed by atoms with van der Waals surface area (Å²) in [6.45, 7) is 1.03. The molecule has 1 amide bonds. The Balaban J connectivity index is 1.90. The van der Waals surface area contributed by atoms with Crippen LogP contribution in [0.3, 0.4) is 0 Å². The van der Waals surface area contributed by atoms with Crippen LogP contribution in [0.25, 0.3) is 0 Å². The summed E-state index contributed by atoms with van der Waals surface area (Å²) in [4.78, 5) is 14.0. The molecule has 21 heavy (non-hydrogen) atoms. The van der Waals surface area contributed by atoms with Crippen molar-refractivity contribution in [3.8, 4) is 0 Å². The van der Waals surface area contributed by atoms with Crippen LogP contribution in [0, 0.1) is 11.7 Å². The van der Waals surface area contributed by atoms with Crippen molar-refractivity contribution in [2.45, 2.75) is 25.2 Å². The van der Waals surface area contributed by atoms with Crippen molar-refractivity contribution in [1.29, 1.82) is 0 Å². The number of hydrogen-bond donors (Lipinski definition) is 3. The van der Waals surface area contributed by atoms with Crippen molar-refractivity contribution in [2.75, 3.05) is 13.1 Å². The first kappa shape index (κ1) is 15.9. The molecule has 114 valence electrons. The van der Waals surface area contributed by atoms with E-state index < -0.39 is 7.12 Å². The Hall–Kier alpha value is -1.44. The standard InChI is InChI=1S/C14H20BFN2O3/c16-12-5-3-10(4-6-12)14(19)18-8-11(13(17)9-18)2-1-7-15(20)21/h3-6,11,13,20-21H,1-2,7-9,17H2/t11-,13-/m0/s1. The molecule has 1 fully saturated rings. The molecule has 0 bridgehead atoms. The molecule has 1 aromatic rings. The Bertz CT molecular complexity index is 484. The fraction of sp³-hybridized carbons (Fsp3) is 0.500. The van der Waals surface area contributed by atoms with E-state index in [-0.39, 0.29) is 23.7 Å². The van der Waals surface area contributed by atoms with Crippen LogP contribution in [-0.4, -0.2) is 47.1 Å². The van der Waals surface area contributed by atoms with Crippen LogP contribution >= 0.6 is 0 Å². The van der Waals surface area contributed by atoms with Gasteiger partial charge in [-0.05, 0) is 42.9 Å². The monoisotopic (exact) mass is 294 g/mol. The van der Waals surface area contributed by atoms with Gasteiger partial charge in [0.15, 0.2) is 0 Å². The molecule has 1 saturated heterocycles. The van der Waals surface area contributed by atoms with Crippen LogP contribution in [0.1, 0.15) is 23.2 Å². The van der Waals surface area contributed by atoms with Gasteiger partial charge in [0, 0.05) is 24.7 Å². The molecule has 0 saturated carbocycles. The third-order valence-corrected chi connectivity index (χ3v) is 3.91. The number of nitrogens with two attached hydrogens (primary N) is 1. The van der Waals surface area contributed by atoms with E-state index in [2.05, 4.69) is 0 Å². The first-order chi connectivity index (χ1) is 9.97. The first-order valence-electron chi connectivity index (χ1n) is 7.14. The molecular weight excluding hydrogens is 274 g/mol. The minimum atomic E-state index is -1.29. The Morgan fingerprint density at radius 1 is 1.33 bits per heavy atom. The van der Waals surface area contributed by atoms with Crippen LogP contribution < -0.4 is 5.73 Å². The van der Waals surface area contributed by atoms with E-state index in [9.17, 15) is 9.18 Å². The second-order valence-corrected chi connectivity index (χ2v) is 5.55. The van der Waals surface area contributed by atoms with E-state index in [4.69, 9.17) is 15.8 Å². The number of hydrogen-bond acceptors (Lipinski definition) is 4. The highest BCUT2D eigenvalue weighted by Crippen LogP contribution is 2.23. The van der Waals surface area contributed by atoms with Gasteiger partial charge in [0.25, 0.3) is 5.91 Å². The number of amides is 1. The number of rotatable bonds is 5. The molecular formula is C14H20BFN2O3. The van der Waals surface area contributed by atoms with Crippen LogP contribution in [0.15, 0.2) is 24.3 Å². The molecule has 1 aliphatic rings. The number of carbonyl (C=O) groups excluding carboxylic acids is 1. The van der Waals surface area contributed by atoms with Crippen molar-refractivity contribution in [3.63, 3.8) is 0 Å². The topological polar surface area (TPSA) is 86.8 Å². The van der Waals surface area contributed by atoms with Gasteiger partial charge in [0.05, 0.1) is 0 Å². The highest BCUT2D eigenvalue weighted by molar-refractivity contribution is 6.40. The van der Waals surface area contributed by atoms with Crippen LogP contribution in [0.4, 0.5) is 4.39 Å². The minimum Gasteiger partial charge on any atom is -0.427 e. The Labute approximate surface area is 123 Å². The SMILES string of the molecule is N[C@H]1CN(C(=O)c2ccc(F)cc2)C[C@@H]1CCCB(O)O. The maximum Gasteiger partial charge on any atom is 0.451 e. The fourth-order valence-corrected chi connectivity index (χ4v) is 2.71. The Morgan fingerprint density at radius 3 is 2.62 bits per heavy atom. The molecule has 2 rings (SSSR count). The highest BCUT2D eigenvalue weighted by Gasteiger charge is 2.33. The molecule has 0 radical (unpaired) electrons. The van der Waals surface area contributed by atoms with E-state index in [1.807, 2.05) is 0 Å². The normalized spacial score (nSPS) is 21.6. The van der Waals surface area contributed by atoms with E-state index in [0.29, 0.717) is 31.4 Å². The summed E-state index contributed by atoms with van der Waals surface area (Å²) in [6, 6.07) is 5.37. The molecule has 7 heteroatoms. The van der Waals surface area contributed by atoms with Gasteiger partial charge in [-0.1, -0.05) is 6.42 Å². The van der Waals surface area contributed by atoms with Gasteiger partial charge in [-0.3, -0.25) is 4.79 Å². The van der Waals surface area contributed by atoms with Crippen molar-refractivity contribution in [2.24, 2.45) is 11.7 Å². The molecule has 0 aromatic heterocycles. The molecule has 4 N–H and O–H groups in total. The van der Waals surface area contributed by atoms with Gasteiger partial charge in [-0.2, -0.15) is 0 Å². The lowest BCUT2D eigenvalue weighted by Gasteiger charge is -2.16. The average Bonchev–Trinajstić information content (AvgIpc) is 2.80. The highest BCUT2D eigenvalue weighted by atomic mass is 19.1. The van der Waals surface area contributed by atoms with Gasteiger partial charge in [-0.25, -0.2) is 4.39 Å². The predicted molar refractivity (Wildman–Crippen MR) is 78.0 cm³/mol. The summed E-state index contributed by atoms with van der Waals surface area (Å²) in [7, 11) is -1.29. The lowest BCUT2D eigenvalue weighted by Crippen LogP contribution is -2.32. The Morgan fingerprint density at radius 2 is 2.00 bits per heavy atom. The third kappa shape index (κ3) is 4.26. The second kappa shape index (κ2) is 7.02. The number of likely N-dealkylation sites (tertiary alicyclic amines) is 1. The van der Waals surface area contributed by atoms with Crippen LogP contribution in [0.2, 0.25) is 6.32 Å². The Kier molecular flexibility index (Phi) is 5.33. The average molecular weight is 294 g/mol. The smallest absolute Gasteiger partial charge is 0.427 e. The largest absolute Gasteiger partial charge is 0.451 e. The van der Waals surface area contributed by atoms with Gasteiger partial charge < -0.3 is 20.7 Å². The molecule has 1 heterocycles. The minimum absolute atomic E-state index is 0.106. The zero-order chi connectivity index (χ0) is 15.4. The number of benzene rings is 1. The van der Waals surface area contributed by atoms with Gasteiger partial charge >= 0.3 is 7.12 Å². The van der Waals surface area contributed by atoms with Gasteiger partial charge in [0.1, 0.15) is 5.82 Å². The van der Waals surface area contributed by atoms with Crippen molar-refractivity contribution < 1.29 is 19.2 Å². The molecule has 5 nitrogen and oxygen atoms in total. The third-order valence-electron chi connectivity index (χ3n) is 3.91. The molecule has 0 unspecified atom stereocenters. The molecule has 2 atom stereocenters. The molecule has 0 aliphatic carbocycles. The van der Waals surface area contributed by atoms with Crippen molar-refractivity contribution >= 4 is 13.0 Å². The second-order valence-electron chi connectivity index (χ2n) is 5.55. The fourth-order valence-electron chi connectivity index (χ4n) is 2.71. The number of halogens is 1. The number of carbonyl (C=O) groups is 1. The van der Waals surface area contributed by atoms with Crippen LogP contribution in [-0.2, 0) is 0 Å². The lowest BCUT2D eigenvalue weighted by molar-refractivity contribution is 0.0785. The first-order valence-corrected chi connectivity index (χ1v) is 7.14.